The highest BCUT2D eigenvalue weighted by molar-refractivity contribution is 7.92. The molecular weight excluding hydrogens is 471 g/mol. The fourth-order valence-corrected chi connectivity index (χ4v) is 4.40. The van der Waals surface area contributed by atoms with Crippen LogP contribution in [0.4, 0.5) is 5.69 Å². The van der Waals surface area contributed by atoms with E-state index in [1.54, 1.807) is 36.4 Å². The molecule has 3 aromatic rings. The molecular formula is C23H22Cl2N2O4S. The molecule has 3 rings (SSSR count). The summed E-state index contributed by atoms with van der Waals surface area (Å²) in [5, 5.41) is 3.44. The third kappa shape index (κ3) is 6.63. The summed E-state index contributed by atoms with van der Waals surface area (Å²) in [6.07, 6.45) is 1.11. The minimum Gasteiger partial charge on any atom is -0.492 e. The number of carbonyl (C=O) groups is 1. The molecule has 0 bridgehead atoms. The third-order valence-electron chi connectivity index (χ3n) is 4.52. The molecule has 0 aliphatic carbocycles. The topological polar surface area (TPSA) is 75.7 Å². The fourth-order valence-electron chi connectivity index (χ4n) is 2.94. The summed E-state index contributed by atoms with van der Waals surface area (Å²) in [7, 11) is -3.60. The van der Waals surface area contributed by atoms with E-state index in [-0.39, 0.29) is 17.5 Å². The molecule has 0 saturated carbocycles. The van der Waals surface area contributed by atoms with Crippen molar-refractivity contribution in [2.45, 2.75) is 6.54 Å². The highest BCUT2D eigenvalue weighted by atomic mass is 35.5. The van der Waals surface area contributed by atoms with E-state index in [0.717, 1.165) is 12.0 Å². The van der Waals surface area contributed by atoms with E-state index in [1.165, 1.54) is 10.4 Å². The Morgan fingerprint density at radius 2 is 1.69 bits per heavy atom. The summed E-state index contributed by atoms with van der Waals surface area (Å²) in [5.74, 6) is 0.497. The first-order valence-electron chi connectivity index (χ1n) is 9.72. The molecule has 0 spiro atoms. The first-order valence-corrected chi connectivity index (χ1v) is 12.3. The number of anilines is 1. The van der Waals surface area contributed by atoms with E-state index in [2.05, 4.69) is 5.32 Å². The standard InChI is InChI=1S/C23H22Cl2N2O4S/c1-32(29,30)27(22-12-11-19(24)15-21(22)25)16-17-7-9-18(10-8-17)23(28)26-13-14-31-20-5-3-2-4-6-20/h2-12,15H,13-14,16H2,1H3,(H,26,28). The fraction of sp³-hybridized carbons (Fsp3) is 0.174. The monoisotopic (exact) mass is 492 g/mol. The number of halogens is 2. The normalized spacial score (nSPS) is 11.1. The van der Waals surface area contributed by atoms with Crippen LogP contribution in [0.1, 0.15) is 15.9 Å². The van der Waals surface area contributed by atoms with Gasteiger partial charge in [0.25, 0.3) is 5.91 Å². The van der Waals surface area contributed by atoms with E-state index in [1.807, 2.05) is 30.3 Å². The van der Waals surface area contributed by atoms with E-state index in [4.69, 9.17) is 27.9 Å². The van der Waals surface area contributed by atoms with Crippen LogP contribution in [0.5, 0.6) is 5.75 Å². The van der Waals surface area contributed by atoms with Gasteiger partial charge in [0.1, 0.15) is 12.4 Å². The Bertz CT molecular complexity index is 1170. The summed E-state index contributed by atoms with van der Waals surface area (Å²) in [4.78, 5) is 12.3. The van der Waals surface area contributed by atoms with E-state index < -0.39 is 10.0 Å². The van der Waals surface area contributed by atoms with Gasteiger partial charge < -0.3 is 10.1 Å². The number of amides is 1. The van der Waals surface area contributed by atoms with Crippen molar-refractivity contribution in [2.24, 2.45) is 0 Å². The van der Waals surface area contributed by atoms with Crippen LogP contribution in [-0.2, 0) is 16.6 Å². The van der Waals surface area contributed by atoms with Crippen molar-refractivity contribution in [3.8, 4) is 5.75 Å². The molecule has 32 heavy (non-hydrogen) atoms. The number of carbonyl (C=O) groups excluding carboxylic acids is 1. The Hall–Kier alpha value is -2.74. The number of hydrogen-bond donors (Lipinski definition) is 1. The predicted molar refractivity (Wildman–Crippen MR) is 128 cm³/mol. The summed E-state index contributed by atoms with van der Waals surface area (Å²) < 4.78 is 31.5. The lowest BCUT2D eigenvalue weighted by molar-refractivity contribution is 0.0947. The number of nitrogens with one attached hydrogen (secondary N) is 1. The molecule has 0 saturated heterocycles. The molecule has 1 amide bonds. The van der Waals surface area contributed by atoms with Crippen LogP contribution in [0.15, 0.2) is 72.8 Å². The SMILES string of the molecule is CS(=O)(=O)N(Cc1ccc(C(=O)NCCOc2ccccc2)cc1)c1ccc(Cl)cc1Cl. The lowest BCUT2D eigenvalue weighted by Crippen LogP contribution is -2.30. The zero-order valence-corrected chi connectivity index (χ0v) is 19.6. The molecule has 1 N–H and O–H groups in total. The highest BCUT2D eigenvalue weighted by Crippen LogP contribution is 2.31. The maximum atomic E-state index is 12.4. The number of ether oxygens (including phenoxy) is 1. The van der Waals surface area contributed by atoms with Gasteiger partial charge in [-0.2, -0.15) is 0 Å². The highest BCUT2D eigenvalue weighted by Gasteiger charge is 2.21. The van der Waals surface area contributed by atoms with E-state index in [0.29, 0.717) is 35.0 Å². The number of hydrogen-bond acceptors (Lipinski definition) is 4. The maximum absolute atomic E-state index is 12.4. The second-order valence-electron chi connectivity index (χ2n) is 6.98. The van der Waals surface area contributed by atoms with Crippen LogP contribution < -0.4 is 14.4 Å². The second kappa shape index (κ2) is 10.7. The average Bonchev–Trinajstić information content (AvgIpc) is 2.76. The predicted octanol–water partition coefficient (Wildman–Crippen LogP) is 4.77. The van der Waals surface area contributed by atoms with Gasteiger partial charge in [-0.15, -0.1) is 0 Å². The van der Waals surface area contributed by atoms with Gasteiger partial charge in [0, 0.05) is 10.6 Å². The summed E-state index contributed by atoms with van der Waals surface area (Å²) in [5.41, 5.74) is 1.49. The molecule has 168 valence electrons. The van der Waals surface area contributed by atoms with Gasteiger partial charge >= 0.3 is 0 Å². The van der Waals surface area contributed by atoms with Crippen molar-refractivity contribution in [3.05, 3.63) is 94.0 Å². The van der Waals surface area contributed by atoms with Gasteiger partial charge in [-0.05, 0) is 48.0 Å². The Labute approximate surface area is 197 Å². The van der Waals surface area contributed by atoms with Crippen LogP contribution >= 0.6 is 23.2 Å². The van der Waals surface area contributed by atoms with Gasteiger partial charge in [-0.1, -0.05) is 53.5 Å². The minimum atomic E-state index is -3.60. The summed E-state index contributed by atoms with van der Waals surface area (Å²) in [6.45, 7) is 0.762. The molecule has 0 aliphatic heterocycles. The molecule has 3 aromatic carbocycles. The Kier molecular flexibility index (Phi) is 8.01. The van der Waals surface area contributed by atoms with E-state index in [9.17, 15) is 13.2 Å². The zero-order chi connectivity index (χ0) is 23.1. The van der Waals surface area contributed by atoms with Crippen molar-refractivity contribution in [3.63, 3.8) is 0 Å². The minimum absolute atomic E-state index is 0.0625. The average molecular weight is 493 g/mol. The second-order valence-corrected chi connectivity index (χ2v) is 9.73. The van der Waals surface area contributed by atoms with Crippen molar-refractivity contribution < 1.29 is 17.9 Å². The van der Waals surface area contributed by atoms with Crippen LogP contribution in [0.2, 0.25) is 10.0 Å². The zero-order valence-electron chi connectivity index (χ0n) is 17.3. The van der Waals surface area contributed by atoms with Crippen LogP contribution in [0.25, 0.3) is 0 Å². The van der Waals surface area contributed by atoms with Gasteiger partial charge in [0.05, 0.1) is 30.1 Å². The van der Waals surface area contributed by atoms with Crippen LogP contribution in [0, 0.1) is 0 Å². The lowest BCUT2D eigenvalue weighted by Gasteiger charge is -2.23. The van der Waals surface area contributed by atoms with Crippen molar-refractivity contribution >= 4 is 44.8 Å². The van der Waals surface area contributed by atoms with Crippen molar-refractivity contribution in [1.29, 1.82) is 0 Å². The molecule has 6 nitrogen and oxygen atoms in total. The van der Waals surface area contributed by atoms with Crippen LogP contribution in [0.3, 0.4) is 0 Å². The molecule has 0 aliphatic rings. The van der Waals surface area contributed by atoms with Crippen LogP contribution in [-0.4, -0.2) is 33.7 Å². The lowest BCUT2D eigenvalue weighted by atomic mass is 10.1. The summed E-state index contributed by atoms with van der Waals surface area (Å²) in [6, 6.07) is 20.7. The maximum Gasteiger partial charge on any atom is 0.251 e. The Morgan fingerprint density at radius 3 is 2.31 bits per heavy atom. The number of benzene rings is 3. The molecule has 9 heteroatoms. The quantitative estimate of drug-likeness (QED) is 0.436. The summed E-state index contributed by atoms with van der Waals surface area (Å²) >= 11 is 12.1. The number of sulfonamides is 1. The van der Waals surface area contributed by atoms with Crippen molar-refractivity contribution in [2.75, 3.05) is 23.7 Å². The van der Waals surface area contributed by atoms with Gasteiger partial charge in [0.15, 0.2) is 0 Å². The number of nitrogens with zero attached hydrogens (tertiary/aromatic N) is 1. The van der Waals surface area contributed by atoms with Crippen molar-refractivity contribution in [1.82, 2.24) is 5.32 Å². The first-order chi connectivity index (χ1) is 15.2. The Morgan fingerprint density at radius 1 is 1.00 bits per heavy atom. The van der Waals surface area contributed by atoms with Gasteiger partial charge in [-0.25, -0.2) is 8.42 Å². The molecule has 0 unspecified atom stereocenters. The Balaban J connectivity index is 1.61. The van der Waals surface area contributed by atoms with Gasteiger partial charge in [0.2, 0.25) is 10.0 Å². The molecule has 0 fully saturated rings. The molecule has 0 radical (unpaired) electrons. The van der Waals surface area contributed by atoms with Gasteiger partial charge in [-0.3, -0.25) is 9.10 Å². The molecule has 0 atom stereocenters. The van der Waals surface area contributed by atoms with E-state index >= 15 is 0 Å². The molecule has 0 aromatic heterocycles. The number of rotatable bonds is 9. The molecule has 0 heterocycles. The third-order valence-corrected chi connectivity index (χ3v) is 6.18. The first kappa shape index (κ1) is 23.9. The largest absolute Gasteiger partial charge is 0.492 e. The number of para-hydroxylation sites is 1. The smallest absolute Gasteiger partial charge is 0.251 e.